The van der Waals surface area contributed by atoms with Gasteiger partial charge in [-0.2, -0.15) is 0 Å². The van der Waals surface area contributed by atoms with E-state index in [1.54, 1.807) is 24.7 Å². The Labute approximate surface area is 214 Å². The molecular weight excluding hydrogens is 460 g/mol. The summed E-state index contributed by atoms with van der Waals surface area (Å²) in [6.07, 6.45) is 1.61. The van der Waals surface area contributed by atoms with Crippen LogP contribution in [0, 0.1) is 20.8 Å². The number of aryl methyl sites for hydroxylation is 2. The van der Waals surface area contributed by atoms with E-state index in [-0.39, 0.29) is 5.56 Å². The quantitative estimate of drug-likeness (QED) is 0.309. The van der Waals surface area contributed by atoms with Crippen molar-refractivity contribution in [2.45, 2.75) is 40.2 Å². The van der Waals surface area contributed by atoms with Gasteiger partial charge in [0.05, 0.1) is 33.4 Å². The molecule has 0 aliphatic rings. The molecule has 0 radical (unpaired) electrons. The molecule has 0 saturated heterocycles. The van der Waals surface area contributed by atoms with E-state index in [0.717, 1.165) is 61.1 Å². The average molecular weight is 489 g/mol. The van der Waals surface area contributed by atoms with Crippen molar-refractivity contribution in [3.05, 3.63) is 99.9 Å². The summed E-state index contributed by atoms with van der Waals surface area (Å²) in [5, 5.41) is 13.3. The highest BCUT2D eigenvalue weighted by atomic mass is 16.3. The van der Waals surface area contributed by atoms with Crippen molar-refractivity contribution in [1.29, 1.82) is 0 Å². The smallest absolute Gasteiger partial charge is 0.265 e. The van der Waals surface area contributed by atoms with Crippen LogP contribution in [0.1, 0.15) is 36.4 Å². The van der Waals surface area contributed by atoms with E-state index in [4.69, 9.17) is 4.98 Å². The number of hydrogen-bond donors (Lipinski definition) is 2. The number of hydrogen-bond acceptors (Lipinski definition) is 4. The van der Waals surface area contributed by atoms with Gasteiger partial charge in [-0.3, -0.25) is 14.3 Å². The topological polar surface area (TPSA) is 83.8 Å². The highest BCUT2D eigenvalue weighted by molar-refractivity contribution is 6.15. The fraction of sp³-hybridized carbons (Fsp3) is 0.194. The van der Waals surface area contributed by atoms with Crippen LogP contribution in [-0.4, -0.2) is 24.6 Å². The first kappa shape index (κ1) is 23.1. The molecule has 6 aromatic rings. The summed E-state index contributed by atoms with van der Waals surface area (Å²) >= 11 is 0. The van der Waals surface area contributed by atoms with E-state index in [1.807, 2.05) is 69.3 Å². The maximum absolute atomic E-state index is 13.4. The molecule has 0 amide bonds. The Bertz CT molecular complexity index is 1920. The number of nitrogens with zero attached hydrogens (tertiary/aromatic N) is 3. The predicted octanol–water partition coefficient (Wildman–Crippen LogP) is 6.23. The molecule has 0 spiro atoms. The highest BCUT2D eigenvalue weighted by Crippen LogP contribution is 2.40. The van der Waals surface area contributed by atoms with E-state index in [0.29, 0.717) is 10.9 Å². The van der Waals surface area contributed by atoms with Crippen LogP contribution in [0.3, 0.4) is 0 Å². The monoisotopic (exact) mass is 488 g/mol. The average Bonchev–Trinajstić information content (AvgIpc) is 3.25. The third kappa shape index (κ3) is 3.56. The molecule has 0 unspecified atom stereocenters. The third-order valence-electron chi connectivity index (χ3n) is 7.31. The number of nitrogens with one attached hydrogen (secondary N) is 1. The molecule has 184 valence electrons. The van der Waals surface area contributed by atoms with Crippen molar-refractivity contribution in [3.63, 3.8) is 0 Å². The Morgan fingerprint density at radius 1 is 0.919 bits per heavy atom. The second kappa shape index (κ2) is 8.11. The van der Waals surface area contributed by atoms with Crippen molar-refractivity contribution >= 4 is 32.7 Å². The maximum atomic E-state index is 13.4. The number of aromatic amines is 1. The van der Waals surface area contributed by atoms with Gasteiger partial charge in [-0.25, -0.2) is 4.98 Å². The number of aliphatic hydroxyl groups is 1. The minimum Gasteiger partial charge on any atom is -0.386 e. The highest BCUT2D eigenvalue weighted by Gasteiger charge is 2.22. The third-order valence-corrected chi connectivity index (χ3v) is 7.31. The van der Waals surface area contributed by atoms with Gasteiger partial charge in [-0.1, -0.05) is 36.4 Å². The summed E-state index contributed by atoms with van der Waals surface area (Å²) in [5.41, 5.74) is 8.06. The summed E-state index contributed by atoms with van der Waals surface area (Å²) in [6, 6.07) is 19.5. The SMILES string of the molecule is Cc1nc(C)c2[nH]c3cc(C(C)(C)O)ccc3c2c1-c1cccc(-n2cnc3ccccc3c2=O)c1C. The molecule has 0 bridgehead atoms. The van der Waals surface area contributed by atoms with Gasteiger partial charge in [0.2, 0.25) is 0 Å². The van der Waals surface area contributed by atoms with Gasteiger partial charge in [0, 0.05) is 27.5 Å². The zero-order chi connectivity index (χ0) is 26.1. The summed E-state index contributed by atoms with van der Waals surface area (Å²) in [7, 11) is 0. The minimum atomic E-state index is -0.941. The number of fused-ring (bicyclic) bond motifs is 4. The second-order valence-corrected chi connectivity index (χ2v) is 10.2. The van der Waals surface area contributed by atoms with Crippen LogP contribution in [0.5, 0.6) is 0 Å². The summed E-state index contributed by atoms with van der Waals surface area (Å²) in [4.78, 5) is 26.3. The first-order valence-electron chi connectivity index (χ1n) is 12.4. The number of aromatic nitrogens is 4. The van der Waals surface area contributed by atoms with Crippen molar-refractivity contribution in [1.82, 2.24) is 19.5 Å². The molecule has 0 saturated carbocycles. The van der Waals surface area contributed by atoms with Crippen molar-refractivity contribution in [2.24, 2.45) is 0 Å². The van der Waals surface area contributed by atoms with Crippen molar-refractivity contribution < 1.29 is 5.11 Å². The van der Waals surface area contributed by atoms with E-state index in [9.17, 15) is 9.90 Å². The molecular formula is C31H28N4O2. The Morgan fingerprint density at radius 2 is 1.70 bits per heavy atom. The second-order valence-electron chi connectivity index (χ2n) is 10.2. The van der Waals surface area contributed by atoms with Gasteiger partial charge in [-0.15, -0.1) is 0 Å². The Balaban J connectivity index is 1.64. The van der Waals surface area contributed by atoms with Gasteiger partial charge in [-0.05, 0) is 75.6 Å². The van der Waals surface area contributed by atoms with Crippen LogP contribution >= 0.6 is 0 Å². The lowest BCUT2D eigenvalue weighted by Crippen LogP contribution is -2.19. The molecule has 6 rings (SSSR count). The van der Waals surface area contributed by atoms with Gasteiger partial charge >= 0.3 is 0 Å². The number of benzene rings is 3. The molecule has 3 aromatic carbocycles. The zero-order valence-electron chi connectivity index (χ0n) is 21.5. The van der Waals surface area contributed by atoms with E-state index >= 15 is 0 Å². The van der Waals surface area contributed by atoms with E-state index in [1.165, 1.54) is 0 Å². The first-order valence-corrected chi connectivity index (χ1v) is 12.4. The Kier molecular flexibility index (Phi) is 5.07. The van der Waals surface area contributed by atoms with Crippen LogP contribution in [0.25, 0.3) is 49.5 Å². The largest absolute Gasteiger partial charge is 0.386 e. The summed E-state index contributed by atoms with van der Waals surface area (Å²) < 4.78 is 1.63. The van der Waals surface area contributed by atoms with Gasteiger partial charge in [0.1, 0.15) is 6.33 Å². The van der Waals surface area contributed by atoms with Crippen LogP contribution in [0.15, 0.2) is 71.8 Å². The molecule has 6 nitrogen and oxygen atoms in total. The Morgan fingerprint density at radius 3 is 2.49 bits per heavy atom. The van der Waals surface area contributed by atoms with Crippen LogP contribution in [-0.2, 0) is 5.60 Å². The first-order chi connectivity index (χ1) is 17.6. The normalized spacial score (nSPS) is 12.2. The molecule has 3 aromatic heterocycles. The molecule has 0 aliphatic heterocycles. The lowest BCUT2D eigenvalue weighted by Gasteiger charge is -2.18. The van der Waals surface area contributed by atoms with Crippen molar-refractivity contribution in [3.8, 4) is 16.8 Å². The predicted molar refractivity (Wildman–Crippen MR) is 149 cm³/mol. The van der Waals surface area contributed by atoms with Crippen LogP contribution < -0.4 is 5.56 Å². The standard InChI is InChI=1S/C31H28N4O2/c1-17-21(10-8-12-26(17)35-16-32-24-11-7-6-9-23(24)30(35)36)27-18(2)33-19(3)29-28(27)22-14-13-20(31(4,5)37)15-25(22)34-29/h6-16,34,37H,1-5H3. The Hall–Kier alpha value is -4.29. The van der Waals surface area contributed by atoms with E-state index in [2.05, 4.69) is 22.1 Å². The number of H-pyrrole nitrogens is 1. The lowest BCUT2D eigenvalue weighted by molar-refractivity contribution is 0.0787. The fourth-order valence-electron chi connectivity index (χ4n) is 5.38. The number of rotatable bonds is 3. The molecule has 3 heterocycles. The minimum absolute atomic E-state index is 0.0963. The molecule has 6 heteroatoms. The molecule has 37 heavy (non-hydrogen) atoms. The maximum Gasteiger partial charge on any atom is 0.265 e. The van der Waals surface area contributed by atoms with Crippen LogP contribution in [0.2, 0.25) is 0 Å². The molecule has 0 aliphatic carbocycles. The summed E-state index contributed by atoms with van der Waals surface area (Å²) in [6.45, 7) is 9.66. The fourth-order valence-corrected chi connectivity index (χ4v) is 5.38. The number of para-hydroxylation sites is 1. The molecule has 2 N–H and O–H groups in total. The zero-order valence-corrected chi connectivity index (χ0v) is 21.5. The van der Waals surface area contributed by atoms with Crippen molar-refractivity contribution in [2.75, 3.05) is 0 Å². The lowest BCUT2D eigenvalue weighted by atomic mass is 9.92. The van der Waals surface area contributed by atoms with Crippen LogP contribution in [0.4, 0.5) is 0 Å². The number of pyridine rings is 1. The molecule has 0 fully saturated rings. The van der Waals surface area contributed by atoms with Gasteiger partial charge in [0.15, 0.2) is 0 Å². The van der Waals surface area contributed by atoms with E-state index < -0.39 is 5.60 Å². The molecule has 0 atom stereocenters. The van der Waals surface area contributed by atoms with Gasteiger partial charge < -0.3 is 10.1 Å². The van der Waals surface area contributed by atoms with Gasteiger partial charge in [0.25, 0.3) is 5.56 Å². The summed E-state index contributed by atoms with van der Waals surface area (Å²) in [5.74, 6) is 0.